The summed E-state index contributed by atoms with van der Waals surface area (Å²) in [6, 6.07) is 0. The molecule has 18 rings (SSSR count). The van der Waals surface area contributed by atoms with E-state index in [2.05, 4.69) is 104 Å². The van der Waals surface area contributed by atoms with E-state index in [1.54, 1.807) is 0 Å². The molecule has 580 valence electrons. The molecule has 18 aliphatic rings. The Morgan fingerprint density at radius 3 is 0.600 bits per heavy atom. The van der Waals surface area contributed by atoms with Gasteiger partial charge in [-0.05, 0) is 349 Å². The van der Waals surface area contributed by atoms with Crippen LogP contribution in [0.3, 0.4) is 0 Å². The van der Waals surface area contributed by atoms with Crippen molar-refractivity contribution >= 4 is 0 Å². The van der Waals surface area contributed by atoms with E-state index < -0.39 is 0 Å². The van der Waals surface area contributed by atoms with Gasteiger partial charge in [-0.3, -0.25) is 0 Å². The third-order valence-electron chi connectivity index (χ3n) is 33.7. The normalized spacial score (nSPS) is 34.5. The second-order valence-corrected chi connectivity index (χ2v) is 41.4. The van der Waals surface area contributed by atoms with Crippen LogP contribution in [0.5, 0.6) is 0 Å². The number of hydrogen-bond donors (Lipinski definition) is 0. The monoisotopic (exact) mass is 1400 g/mol. The van der Waals surface area contributed by atoms with Crippen LogP contribution in [-0.4, -0.2) is 89.0 Å². The number of ether oxygens (including phenoxy) is 7. The summed E-state index contributed by atoms with van der Waals surface area (Å²) in [7, 11) is 0. The van der Waals surface area contributed by atoms with Crippen LogP contribution in [-0.2, 0) is 33.2 Å². The van der Waals surface area contributed by atoms with Crippen LogP contribution in [0.2, 0.25) is 0 Å². The maximum absolute atomic E-state index is 6.39. The minimum atomic E-state index is 0.410. The largest absolute Gasteiger partial charge is 0.378 e. The highest BCUT2D eigenvalue weighted by molar-refractivity contribution is 5.18. The Morgan fingerprint density at radius 2 is 0.380 bits per heavy atom. The van der Waals surface area contributed by atoms with Crippen molar-refractivity contribution < 1.29 is 33.2 Å². The topological polar surface area (TPSA) is 64.6 Å². The summed E-state index contributed by atoms with van der Waals surface area (Å²) in [5.41, 5.74) is 7.23. The highest BCUT2D eigenvalue weighted by Crippen LogP contribution is 2.73. The minimum absolute atomic E-state index is 0.410. The third kappa shape index (κ3) is 16.9. The molecule has 0 amide bonds. The van der Waals surface area contributed by atoms with E-state index in [4.69, 9.17) is 33.2 Å². The zero-order valence-corrected chi connectivity index (χ0v) is 69.2. The molecule has 18 saturated carbocycles. The van der Waals surface area contributed by atoms with Gasteiger partial charge < -0.3 is 33.2 Å². The minimum Gasteiger partial charge on any atom is -0.378 e. The molecular formula is C93H166O7. The van der Waals surface area contributed by atoms with Crippen LogP contribution in [0.1, 0.15) is 418 Å². The molecule has 4 unspecified atom stereocenters. The number of rotatable bonds is 14. The van der Waals surface area contributed by atoms with Crippen molar-refractivity contribution in [3.05, 3.63) is 0 Å². The number of hydrogen-bond acceptors (Lipinski definition) is 7. The van der Waals surface area contributed by atoms with Gasteiger partial charge in [0, 0.05) is 46.2 Å². The fourth-order valence-corrected chi connectivity index (χ4v) is 28.1. The van der Waals surface area contributed by atoms with E-state index in [-0.39, 0.29) is 0 Å². The Bertz CT molecular complexity index is 2320. The molecular weight excluding hydrogens is 1230 g/mol. The summed E-state index contributed by atoms with van der Waals surface area (Å²) in [4.78, 5) is 0. The predicted molar refractivity (Wildman–Crippen MR) is 418 cm³/mol. The van der Waals surface area contributed by atoms with E-state index >= 15 is 0 Å². The molecule has 0 aromatic heterocycles. The molecule has 2 bridgehead atoms. The summed E-state index contributed by atoms with van der Waals surface area (Å²) in [5.74, 6) is 1.79. The zero-order valence-electron chi connectivity index (χ0n) is 69.2. The molecule has 18 fully saturated rings. The van der Waals surface area contributed by atoms with Gasteiger partial charge in [-0.2, -0.15) is 0 Å². The quantitative estimate of drug-likeness (QED) is 0.172. The van der Waals surface area contributed by atoms with Crippen LogP contribution >= 0.6 is 0 Å². The summed E-state index contributed by atoms with van der Waals surface area (Å²) in [6.07, 6.45) is 74.6. The van der Waals surface area contributed by atoms with E-state index in [0.717, 1.165) is 58.1 Å². The molecule has 9 spiro atoms. The SMILES string of the molecule is CCOC1C(C)(C)CCC12CC2.CCOC1C(C)(C)CCC12CCCC2.CCOC1C(C)(C)CCC12CCCCC2.CCOC1C2(CC2)CCC12CC2.CCOC1C2(CCCC2)CCC12CCCC2.CCOC1C2(CCCCC2)CCC12CCCCC2.CCOC1C2CCC(CC2)C1(C)C. The summed E-state index contributed by atoms with van der Waals surface area (Å²) in [5, 5.41) is 0. The maximum atomic E-state index is 6.39. The van der Waals surface area contributed by atoms with Crippen molar-refractivity contribution in [2.75, 3.05) is 46.2 Å². The second-order valence-electron chi connectivity index (χ2n) is 41.4. The Balaban J connectivity index is 0.000000118. The Hall–Kier alpha value is -0.280. The van der Waals surface area contributed by atoms with Gasteiger partial charge in [-0.1, -0.05) is 152 Å². The highest BCUT2D eigenvalue weighted by Gasteiger charge is 2.68. The van der Waals surface area contributed by atoms with Gasteiger partial charge in [0.25, 0.3) is 0 Å². The van der Waals surface area contributed by atoms with Crippen LogP contribution in [0, 0.1) is 82.2 Å². The molecule has 7 nitrogen and oxygen atoms in total. The van der Waals surface area contributed by atoms with Crippen molar-refractivity contribution in [2.24, 2.45) is 82.2 Å². The van der Waals surface area contributed by atoms with Crippen molar-refractivity contribution in [1.82, 2.24) is 0 Å². The summed E-state index contributed by atoms with van der Waals surface area (Å²) in [6.45, 7) is 40.5. The smallest absolute Gasteiger partial charge is 0.0687 e. The van der Waals surface area contributed by atoms with Gasteiger partial charge in [-0.25, -0.2) is 0 Å². The van der Waals surface area contributed by atoms with Crippen LogP contribution < -0.4 is 0 Å². The molecule has 18 aliphatic carbocycles. The second kappa shape index (κ2) is 33.5. The van der Waals surface area contributed by atoms with Crippen molar-refractivity contribution in [2.45, 2.75) is 461 Å². The first-order chi connectivity index (χ1) is 47.9. The van der Waals surface area contributed by atoms with Gasteiger partial charge in [0.1, 0.15) is 0 Å². The lowest BCUT2D eigenvalue weighted by Gasteiger charge is -2.53. The first-order valence-electron chi connectivity index (χ1n) is 45.2. The van der Waals surface area contributed by atoms with E-state index in [0.29, 0.717) is 113 Å². The van der Waals surface area contributed by atoms with Crippen LogP contribution in [0.15, 0.2) is 0 Å². The first kappa shape index (κ1) is 80.7. The van der Waals surface area contributed by atoms with Gasteiger partial charge >= 0.3 is 0 Å². The Morgan fingerprint density at radius 1 is 0.200 bits per heavy atom. The van der Waals surface area contributed by atoms with Gasteiger partial charge in [-0.15, -0.1) is 0 Å². The molecule has 100 heavy (non-hydrogen) atoms. The van der Waals surface area contributed by atoms with E-state index in [1.807, 2.05) is 0 Å². The highest BCUT2D eigenvalue weighted by atomic mass is 16.5. The lowest BCUT2D eigenvalue weighted by Crippen LogP contribution is -2.51. The van der Waals surface area contributed by atoms with E-state index in [1.165, 1.54) is 315 Å². The molecule has 0 aromatic carbocycles. The van der Waals surface area contributed by atoms with Gasteiger partial charge in [0.05, 0.1) is 42.7 Å². The first-order valence-corrected chi connectivity index (χ1v) is 45.2. The van der Waals surface area contributed by atoms with Crippen molar-refractivity contribution in [3.63, 3.8) is 0 Å². The fraction of sp³-hybridized carbons (Fsp3) is 1.00. The maximum Gasteiger partial charge on any atom is 0.0687 e. The molecule has 0 aromatic rings. The Kier molecular flexibility index (Phi) is 27.1. The van der Waals surface area contributed by atoms with Crippen molar-refractivity contribution in [1.29, 1.82) is 0 Å². The molecule has 0 radical (unpaired) electrons. The zero-order chi connectivity index (χ0) is 71.2. The molecule has 0 saturated heterocycles. The van der Waals surface area contributed by atoms with Gasteiger partial charge in [0.15, 0.2) is 0 Å². The average molecular weight is 1400 g/mol. The van der Waals surface area contributed by atoms with Crippen LogP contribution in [0.25, 0.3) is 0 Å². The Labute approximate surface area is 619 Å². The summed E-state index contributed by atoms with van der Waals surface area (Å²) < 4.78 is 42.6. The number of fused-ring (bicyclic) bond motifs is 3. The molecule has 7 heteroatoms. The van der Waals surface area contributed by atoms with Crippen molar-refractivity contribution in [3.8, 4) is 0 Å². The molecule has 0 aliphatic heterocycles. The average Bonchev–Trinajstić information content (AvgIpc) is 1.53. The van der Waals surface area contributed by atoms with E-state index in [9.17, 15) is 0 Å². The lowest BCUT2D eigenvalue weighted by molar-refractivity contribution is -0.139. The standard InChI is InChI=1S/C17H30O.C15H26O.C14H26O.C13H24O.C12H22O.C11H18O.C11H20O/c1-2-18-15-16(9-5-3-6-10-16)13-14-17(15)11-7-4-8-12-17;1-2-16-13-14(7-3-4-8-14)11-12-15(13)9-5-6-10-15;1-4-15-12-13(2,3)10-11-14(12)8-6-5-7-9-14;1-4-14-11-12(2,3)9-10-13(11)7-5-6-8-13;1-4-13-11-9-5-7-10(8-6-9)12(11,2)3;1-2-12-9-10(3-4-10)7-8-11(9)5-6-11;1-4-12-9-10(2,3)5-6-11(9)7-8-11/h15H,2-14H2,1H3;13H,2-12H2,1H3;12H,4-11H2,1-3H3;11H,4-10H2,1-3H3;9-11H,4-8H2,1-3H3;9H,2-8H2,1H3;9H,4-8H2,1-3H3. The van der Waals surface area contributed by atoms with Gasteiger partial charge in [0.2, 0.25) is 0 Å². The van der Waals surface area contributed by atoms with Crippen LogP contribution in [0.4, 0.5) is 0 Å². The lowest BCUT2D eigenvalue weighted by atomic mass is 9.56. The molecule has 0 heterocycles. The molecule has 4 atom stereocenters. The molecule has 0 N–H and O–H groups in total. The summed E-state index contributed by atoms with van der Waals surface area (Å²) >= 11 is 0. The third-order valence-corrected chi connectivity index (χ3v) is 33.7. The fourth-order valence-electron chi connectivity index (χ4n) is 28.1. The predicted octanol–water partition coefficient (Wildman–Crippen LogP) is 26.3.